The first kappa shape index (κ1) is 26.1. The Hall–Kier alpha value is -1.89. The van der Waals surface area contributed by atoms with Crippen molar-refractivity contribution in [1.82, 2.24) is 30.8 Å². The smallest absolute Gasteiger partial charge is 0.407 e. The maximum absolute atomic E-state index is 11.6. The molecule has 0 atom stereocenters. The zero-order valence-electron chi connectivity index (χ0n) is 18.3. The van der Waals surface area contributed by atoms with Crippen LogP contribution in [0.15, 0.2) is 23.5 Å². The Kier molecular flexibility index (Phi) is 11.7. The number of piperazine rings is 1. The lowest BCUT2D eigenvalue weighted by atomic mass is 10.2. The van der Waals surface area contributed by atoms with Gasteiger partial charge in [-0.25, -0.2) is 14.8 Å². The Morgan fingerprint density at radius 1 is 1.07 bits per heavy atom. The summed E-state index contributed by atoms with van der Waals surface area (Å²) in [7, 11) is 1.73. The number of guanidine groups is 1. The van der Waals surface area contributed by atoms with Crippen molar-refractivity contribution in [2.24, 2.45) is 4.99 Å². The predicted octanol–water partition coefficient (Wildman–Crippen LogP) is 0.906. The minimum absolute atomic E-state index is 0. The van der Waals surface area contributed by atoms with Crippen LogP contribution in [0.3, 0.4) is 0 Å². The van der Waals surface area contributed by atoms with Gasteiger partial charge in [0, 0.05) is 71.8 Å². The molecule has 0 aromatic carbocycles. The first-order valence-electron chi connectivity index (χ1n) is 10.0. The summed E-state index contributed by atoms with van der Waals surface area (Å²) in [5.41, 5.74) is -0.491. The van der Waals surface area contributed by atoms with Crippen LogP contribution in [0.1, 0.15) is 20.8 Å². The molecule has 11 heteroatoms. The third-order valence-corrected chi connectivity index (χ3v) is 4.24. The van der Waals surface area contributed by atoms with E-state index in [1.807, 2.05) is 26.8 Å². The van der Waals surface area contributed by atoms with E-state index < -0.39 is 11.7 Å². The van der Waals surface area contributed by atoms with Crippen molar-refractivity contribution in [2.45, 2.75) is 26.4 Å². The largest absolute Gasteiger partial charge is 0.444 e. The minimum Gasteiger partial charge on any atom is -0.444 e. The fraction of sp³-hybridized carbons (Fsp3) is 0.684. The highest BCUT2D eigenvalue weighted by Crippen LogP contribution is 2.09. The van der Waals surface area contributed by atoms with Gasteiger partial charge in [0.05, 0.1) is 0 Å². The standard InChI is InChI=1S/C19H34N8O2.HI/c1-19(2,3)29-18(28)25-9-8-21-16(20-4)22-10-11-26-12-14-27(15-13-26)17-23-6-5-7-24-17;/h5-7H,8-15H2,1-4H3,(H,25,28)(H2,20,21,22);1H. The number of alkyl carbamates (subject to hydrolysis) is 1. The second kappa shape index (κ2) is 13.4. The Morgan fingerprint density at radius 3 is 2.27 bits per heavy atom. The Labute approximate surface area is 196 Å². The summed E-state index contributed by atoms with van der Waals surface area (Å²) in [5, 5.41) is 9.19. The Bertz CT molecular complexity index is 646. The van der Waals surface area contributed by atoms with Crippen LogP contribution < -0.4 is 20.9 Å². The summed E-state index contributed by atoms with van der Waals surface area (Å²) in [6, 6.07) is 1.83. The lowest BCUT2D eigenvalue weighted by Gasteiger charge is -2.34. The summed E-state index contributed by atoms with van der Waals surface area (Å²) < 4.78 is 5.20. The number of aromatic nitrogens is 2. The monoisotopic (exact) mass is 534 g/mol. The highest BCUT2D eigenvalue weighted by Gasteiger charge is 2.18. The molecule has 1 aromatic heterocycles. The zero-order valence-corrected chi connectivity index (χ0v) is 20.7. The van der Waals surface area contributed by atoms with Crippen LogP contribution in [0.5, 0.6) is 0 Å². The average Bonchev–Trinajstić information content (AvgIpc) is 2.69. The van der Waals surface area contributed by atoms with Crippen molar-refractivity contribution in [1.29, 1.82) is 0 Å². The molecule has 1 saturated heterocycles. The van der Waals surface area contributed by atoms with E-state index in [2.05, 4.69) is 40.7 Å². The molecule has 1 aromatic rings. The molecule has 0 spiro atoms. The van der Waals surface area contributed by atoms with Gasteiger partial charge in [0.1, 0.15) is 5.60 Å². The van der Waals surface area contributed by atoms with E-state index in [9.17, 15) is 4.79 Å². The Morgan fingerprint density at radius 2 is 1.67 bits per heavy atom. The lowest BCUT2D eigenvalue weighted by molar-refractivity contribution is 0.0529. The molecular weight excluding hydrogens is 499 g/mol. The van der Waals surface area contributed by atoms with Gasteiger partial charge in [0.2, 0.25) is 5.95 Å². The molecule has 2 heterocycles. The number of halogens is 1. The number of anilines is 1. The van der Waals surface area contributed by atoms with Crippen molar-refractivity contribution >= 4 is 42.0 Å². The van der Waals surface area contributed by atoms with E-state index in [1.165, 1.54) is 0 Å². The summed E-state index contributed by atoms with van der Waals surface area (Å²) in [4.78, 5) is 29.1. The molecule has 1 fully saturated rings. The minimum atomic E-state index is -0.491. The van der Waals surface area contributed by atoms with Crippen LogP contribution in [0, 0.1) is 0 Å². The van der Waals surface area contributed by atoms with Gasteiger partial charge in [-0.15, -0.1) is 24.0 Å². The molecule has 10 nitrogen and oxygen atoms in total. The van der Waals surface area contributed by atoms with E-state index in [1.54, 1.807) is 19.4 Å². The molecule has 1 aliphatic rings. The van der Waals surface area contributed by atoms with Crippen LogP contribution in [0.4, 0.5) is 10.7 Å². The highest BCUT2D eigenvalue weighted by molar-refractivity contribution is 14.0. The summed E-state index contributed by atoms with van der Waals surface area (Å²) in [6.45, 7) is 12.1. The quantitative estimate of drug-likeness (QED) is 0.205. The molecule has 3 N–H and O–H groups in total. The maximum atomic E-state index is 11.6. The molecule has 2 rings (SSSR count). The molecule has 170 valence electrons. The van der Waals surface area contributed by atoms with Gasteiger partial charge in [-0.05, 0) is 26.8 Å². The van der Waals surface area contributed by atoms with Gasteiger partial charge in [0.25, 0.3) is 0 Å². The second-order valence-corrected chi connectivity index (χ2v) is 7.73. The fourth-order valence-electron chi connectivity index (χ4n) is 2.84. The highest BCUT2D eigenvalue weighted by atomic mass is 127. The molecular formula is C19H35IN8O2. The number of hydrogen-bond donors (Lipinski definition) is 3. The molecule has 0 bridgehead atoms. The van der Waals surface area contributed by atoms with Gasteiger partial charge < -0.3 is 25.6 Å². The molecule has 0 aliphatic carbocycles. The SMILES string of the molecule is CN=C(NCCNC(=O)OC(C)(C)C)NCCN1CCN(c2ncccn2)CC1.I. The normalized spacial score (nSPS) is 15.2. The van der Waals surface area contributed by atoms with Gasteiger partial charge in [-0.1, -0.05) is 0 Å². The zero-order chi connectivity index (χ0) is 21.1. The number of carbonyl (C=O) groups is 1. The van der Waals surface area contributed by atoms with E-state index in [4.69, 9.17) is 4.74 Å². The van der Waals surface area contributed by atoms with Crippen LogP contribution in [0.2, 0.25) is 0 Å². The number of nitrogens with one attached hydrogen (secondary N) is 3. The molecule has 0 radical (unpaired) electrons. The van der Waals surface area contributed by atoms with Crippen LogP contribution in [0.25, 0.3) is 0 Å². The third kappa shape index (κ3) is 10.2. The number of carbonyl (C=O) groups excluding carboxylic acids is 1. The third-order valence-electron chi connectivity index (χ3n) is 4.24. The van der Waals surface area contributed by atoms with E-state index in [0.717, 1.165) is 45.2 Å². The number of ether oxygens (including phenoxy) is 1. The number of rotatable bonds is 7. The Balaban J connectivity index is 0.00000450. The molecule has 0 unspecified atom stereocenters. The molecule has 1 amide bonds. The van der Waals surface area contributed by atoms with Gasteiger partial charge in [0.15, 0.2) is 5.96 Å². The van der Waals surface area contributed by atoms with Gasteiger partial charge >= 0.3 is 6.09 Å². The second-order valence-electron chi connectivity index (χ2n) is 7.73. The van der Waals surface area contributed by atoms with Crippen molar-refractivity contribution < 1.29 is 9.53 Å². The number of amides is 1. The summed E-state index contributed by atoms with van der Waals surface area (Å²) >= 11 is 0. The molecule has 1 aliphatic heterocycles. The van der Waals surface area contributed by atoms with Crippen LogP contribution in [-0.2, 0) is 4.74 Å². The van der Waals surface area contributed by atoms with Crippen molar-refractivity contribution in [3.05, 3.63) is 18.5 Å². The first-order valence-corrected chi connectivity index (χ1v) is 10.0. The van der Waals surface area contributed by atoms with Crippen molar-refractivity contribution in [2.75, 3.05) is 64.3 Å². The van der Waals surface area contributed by atoms with E-state index in [0.29, 0.717) is 19.0 Å². The maximum Gasteiger partial charge on any atom is 0.407 e. The number of aliphatic imine (C=N–C) groups is 1. The van der Waals surface area contributed by atoms with Crippen LogP contribution in [-0.4, -0.2) is 91.9 Å². The van der Waals surface area contributed by atoms with Crippen LogP contribution >= 0.6 is 24.0 Å². The summed E-state index contributed by atoms with van der Waals surface area (Å²) in [6.07, 6.45) is 3.14. The van der Waals surface area contributed by atoms with Crippen molar-refractivity contribution in [3.63, 3.8) is 0 Å². The molecule has 0 saturated carbocycles. The topological polar surface area (TPSA) is 107 Å². The first-order chi connectivity index (χ1) is 13.9. The predicted molar refractivity (Wildman–Crippen MR) is 130 cm³/mol. The van der Waals surface area contributed by atoms with Gasteiger partial charge in [-0.3, -0.25) is 9.89 Å². The lowest BCUT2D eigenvalue weighted by Crippen LogP contribution is -2.50. The average molecular weight is 534 g/mol. The summed E-state index contributed by atoms with van der Waals surface area (Å²) in [5.74, 6) is 1.52. The van der Waals surface area contributed by atoms with Crippen molar-refractivity contribution in [3.8, 4) is 0 Å². The van der Waals surface area contributed by atoms with Gasteiger partial charge in [-0.2, -0.15) is 0 Å². The molecule has 30 heavy (non-hydrogen) atoms. The van der Waals surface area contributed by atoms with E-state index in [-0.39, 0.29) is 24.0 Å². The fourth-order valence-corrected chi connectivity index (χ4v) is 2.84. The number of hydrogen-bond acceptors (Lipinski definition) is 7. The number of nitrogens with zero attached hydrogens (tertiary/aromatic N) is 5. The van der Waals surface area contributed by atoms with E-state index >= 15 is 0 Å².